The van der Waals surface area contributed by atoms with E-state index >= 15 is 0 Å². The van der Waals surface area contributed by atoms with Crippen LogP contribution in [0.4, 0.5) is 0 Å². The molecule has 1 N–H and O–H groups in total. The van der Waals surface area contributed by atoms with Crippen LogP contribution in [-0.4, -0.2) is 33.8 Å². The SMILES string of the molecule is Cc1c(O)ccc2c(COC(=O)[C@H](C)N3C(=O)[C@H]4CC=CC[C@H]4C3=O)cc(=O)oc12. The number of likely N-dealkylation sites (tertiary alicyclic amines) is 1. The minimum Gasteiger partial charge on any atom is -0.508 e. The second-order valence-corrected chi connectivity index (χ2v) is 7.66. The number of ether oxygens (including phenoxy) is 1. The number of hydrogen-bond donors (Lipinski definition) is 1. The van der Waals surface area contributed by atoms with Gasteiger partial charge in [-0.3, -0.25) is 14.5 Å². The summed E-state index contributed by atoms with van der Waals surface area (Å²) in [6.45, 7) is 2.83. The topological polar surface area (TPSA) is 114 Å². The van der Waals surface area contributed by atoms with Gasteiger partial charge in [-0.15, -0.1) is 0 Å². The molecule has 1 aliphatic carbocycles. The van der Waals surface area contributed by atoms with Crippen molar-refractivity contribution >= 4 is 28.8 Å². The molecule has 0 spiro atoms. The summed E-state index contributed by atoms with van der Waals surface area (Å²) in [5, 5.41) is 10.4. The van der Waals surface area contributed by atoms with Crippen molar-refractivity contribution in [2.75, 3.05) is 0 Å². The summed E-state index contributed by atoms with van der Waals surface area (Å²) < 4.78 is 10.5. The number of aromatic hydroxyl groups is 1. The fraction of sp³-hybridized carbons (Fsp3) is 0.364. The Kier molecular flexibility index (Phi) is 4.93. The molecular weight excluding hydrogens is 390 g/mol. The Morgan fingerprint density at radius 3 is 2.47 bits per heavy atom. The van der Waals surface area contributed by atoms with Gasteiger partial charge in [0.1, 0.15) is 24.0 Å². The predicted molar refractivity (Wildman–Crippen MR) is 105 cm³/mol. The Hall–Kier alpha value is -3.42. The van der Waals surface area contributed by atoms with Crippen LogP contribution >= 0.6 is 0 Å². The van der Waals surface area contributed by atoms with Crippen molar-refractivity contribution in [1.29, 1.82) is 0 Å². The molecule has 1 aromatic heterocycles. The molecular formula is C22H21NO7. The molecule has 8 nitrogen and oxygen atoms in total. The quantitative estimate of drug-likeness (QED) is 0.355. The lowest BCUT2D eigenvalue weighted by atomic mass is 9.85. The third-order valence-corrected chi connectivity index (χ3v) is 5.86. The van der Waals surface area contributed by atoms with Gasteiger partial charge in [-0.05, 0) is 38.8 Å². The molecule has 1 aromatic carbocycles. The van der Waals surface area contributed by atoms with Crippen LogP contribution in [0.1, 0.15) is 30.9 Å². The number of hydrogen-bond acceptors (Lipinski definition) is 7. The number of phenolic OH excluding ortho intramolecular Hbond substituents is 1. The summed E-state index contributed by atoms with van der Waals surface area (Å²) in [4.78, 5) is 50.8. The summed E-state index contributed by atoms with van der Waals surface area (Å²) in [5.41, 5.74) is 0.373. The van der Waals surface area contributed by atoms with Gasteiger partial charge in [0.25, 0.3) is 0 Å². The fourth-order valence-corrected chi connectivity index (χ4v) is 4.12. The maximum atomic E-state index is 12.6. The van der Waals surface area contributed by atoms with Gasteiger partial charge >= 0.3 is 11.6 Å². The first kappa shape index (κ1) is 19.9. The number of amides is 2. The first-order valence-corrected chi connectivity index (χ1v) is 9.73. The highest BCUT2D eigenvalue weighted by Crippen LogP contribution is 2.36. The van der Waals surface area contributed by atoms with Gasteiger partial charge in [0.15, 0.2) is 0 Å². The molecule has 2 amide bonds. The third-order valence-electron chi connectivity index (χ3n) is 5.86. The summed E-state index contributed by atoms with van der Waals surface area (Å²) >= 11 is 0. The molecule has 30 heavy (non-hydrogen) atoms. The van der Waals surface area contributed by atoms with Gasteiger partial charge in [0, 0.05) is 22.6 Å². The van der Waals surface area contributed by atoms with Crippen LogP contribution in [0.2, 0.25) is 0 Å². The van der Waals surface area contributed by atoms with E-state index in [1.54, 1.807) is 13.0 Å². The predicted octanol–water partition coefficient (Wildman–Crippen LogP) is 2.19. The zero-order valence-corrected chi connectivity index (χ0v) is 16.6. The maximum Gasteiger partial charge on any atom is 0.336 e. The number of carbonyl (C=O) groups excluding carboxylic acids is 3. The van der Waals surface area contributed by atoms with Crippen molar-refractivity contribution < 1.29 is 28.6 Å². The summed E-state index contributed by atoms with van der Waals surface area (Å²) in [7, 11) is 0. The average molecular weight is 411 g/mol. The Labute approximate surface area is 171 Å². The molecule has 1 saturated heterocycles. The van der Waals surface area contributed by atoms with Crippen LogP contribution in [0.5, 0.6) is 5.75 Å². The number of imide groups is 1. The zero-order chi connectivity index (χ0) is 21.6. The smallest absolute Gasteiger partial charge is 0.336 e. The minimum absolute atomic E-state index is 0.0181. The molecule has 2 aromatic rings. The number of benzene rings is 1. The lowest BCUT2D eigenvalue weighted by molar-refractivity contribution is -0.159. The van der Waals surface area contributed by atoms with E-state index in [2.05, 4.69) is 0 Å². The van der Waals surface area contributed by atoms with Gasteiger partial charge in [-0.25, -0.2) is 9.59 Å². The number of nitrogens with zero attached hydrogens (tertiary/aromatic N) is 1. The van der Waals surface area contributed by atoms with Gasteiger partial charge in [0.05, 0.1) is 11.8 Å². The van der Waals surface area contributed by atoms with Gasteiger partial charge < -0.3 is 14.3 Å². The van der Waals surface area contributed by atoms with Gasteiger partial charge in [-0.1, -0.05) is 12.2 Å². The largest absolute Gasteiger partial charge is 0.508 e. The standard InChI is InChI=1S/C22H21NO7/c1-11-17(24)8-7-14-13(9-18(25)30-19(11)14)10-29-22(28)12(2)23-20(26)15-5-3-4-6-16(15)21(23)27/h3-4,7-9,12,15-16,24H,5-6,10H2,1-2H3/t12-,15-,16+/m0/s1. The van der Waals surface area contributed by atoms with Crippen molar-refractivity contribution in [1.82, 2.24) is 4.90 Å². The van der Waals surface area contributed by atoms with Gasteiger partial charge in [0.2, 0.25) is 11.8 Å². The Morgan fingerprint density at radius 1 is 1.20 bits per heavy atom. The number of carbonyl (C=O) groups is 3. The van der Waals surface area contributed by atoms with E-state index < -0.39 is 29.5 Å². The molecule has 2 heterocycles. The van der Waals surface area contributed by atoms with E-state index in [0.29, 0.717) is 29.4 Å². The lowest BCUT2D eigenvalue weighted by Crippen LogP contribution is -2.44. The summed E-state index contributed by atoms with van der Waals surface area (Å²) in [6.07, 6.45) is 4.74. The molecule has 3 atom stereocenters. The fourth-order valence-electron chi connectivity index (χ4n) is 4.12. The highest BCUT2D eigenvalue weighted by Gasteiger charge is 2.50. The van der Waals surface area contributed by atoms with Crippen LogP contribution in [0.3, 0.4) is 0 Å². The summed E-state index contributed by atoms with van der Waals surface area (Å²) in [5.74, 6) is -2.30. The van der Waals surface area contributed by atoms with Crippen LogP contribution in [0.25, 0.3) is 11.0 Å². The first-order valence-electron chi connectivity index (χ1n) is 9.73. The first-order chi connectivity index (χ1) is 14.3. The number of aryl methyl sites for hydroxylation is 1. The monoisotopic (exact) mass is 411 g/mol. The van der Waals surface area contributed by atoms with Crippen LogP contribution in [-0.2, 0) is 25.7 Å². The van der Waals surface area contributed by atoms with Crippen molar-refractivity contribution in [2.45, 2.75) is 39.3 Å². The molecule has 0 unspecified atom stereocenters. The van der Waals surface area contributed by atoms with E-state index in [-0.39, 0.29) is 29.8 Å². The molecule has 1 aliphatic heterocycles. The second-order valence-electron chi connectivity index (χ2n) is 7.66. The lowest BCUT2D eigenvalue weighted by Gasteiger charge is -2.21. The molecule has 2 aliphatic rings. The number of phenols is 1. The van der Waals surface area contributed by atoms with Crippen LogP contribution in [0, 0.1) is 18.8 Å². The van der Waals surface area contributed by atoms with Gasteiger partial charge in [-0.2, -0.15) is 0 Å². The zero-order valence-electron chi connectivity index (χ0n) is 16.6. The van der Waals surface area contributed by atoms with Crippen molar-refractivity contribution in [2.24, 2.45) is 11.8 Å². The highest BCUT2D eigenvalue weighted by molar-refractivity contribution is 6.08. The van der Waals surface area contributed by atoms with Crippen molar-refractivity contribution in [3.05, 3.63) is 51.9 Å². The second kappa shape index (κ2) is 7.44. The number of allylic oxidation sites excluding steroid dienone is 2. The minimum atomic E-state index is -1.06. The van der Waals surface area contributed by atoms with E-state index in [9.17, 15) is 24.3 Å². The number of rotatable bonds is 4. The molecule has 0 radical (unpaired) electrons. The Balaban J connectivity index is 1.53. The number of fused-ring (bicyclic) bond motifs is 2. The summed E-state index contributed by atoms with van der Waals surface area (Å²) in [6, 6.07) is 3.18. The molecule has 1 fully saturated rings. The van der Waals surface area contributed by atoms with E-state index in [1.807, 2.05) is 12.2 Å². The molecule has 0 saturated carbocycles. The molecule has 8 heteroatoms. The normalized spacial score (nSPS) is 21.7. The van der Waals surface area contributed by atoms with E-state index in [0.717, 1.165) is 4.90 Å². The molecule has 4 rings (SSSR count). The maximum absolute atomic E-state index is 12.6. The number of esters is 1. The van der Waals surface area contributed by atoms with E-state index in [1.165, 1.54) is 19.1 Å². The van der Waals surface area contributed by atoms with Crippen LogP contribution in [0.15, 0.2) is 39.6 Å². The van der Waals surface area contributed by atoms with E-state index in [4.69, 9.17) is 9.15 Å². The van der Waals surface area contributed by atoms with Crippen molar-refractivity contribution in [3.63, 3.8) is 0 Å². The molecule has 156 valence electrons. The average Bonchev–Trinajstić information content (AvgIpc) is 2.99. The van der Waals surface area contributed by atoms with Crippen LogP contribution < -0.4 is 5.63 Å². The van der Waals surface area contributed by atoms with Crippen molar-refractivity contribution in [3.8, 4) is 5.75 Å². The third kappa shape index (κ3) is 3.18. The molecule has 0 bridgehead atoms. The Bertz CT molecular complexity index is 1120. The Morgan fingerprint density at radius 2 is 1.83 bits per heavy atom. The highest BCUT2D eigenvalue weighted by atomic mass is 16.5.